The first-order chi connectivity index (χ1) is 12.8. The Labute approximate surface area is 151 Å². The lowest BCUT2D eigenvalue weighted by Crippen LogP contribution is -2.45. The number of piperidine rings is 1. The smallest absolute Gasteiger partial charge is 0.224 e. The molecule has 2 aromatic heterocycles. The van der Waals surface area contributed by atoms with Crippen LogP contribution in [0.5, 0.6) is 0 Å². The Kier molecular flexibility index (Phi) is 5.05. The highest BCUT2D eigenvalue weighted by Gasteiger charge is 2.27. The highest BCUT2D eigenvalue weighted by atomic mass is 16.5. The molecule has 2 aliphatic heterocycles. The zero-order valence-corrected chi connectivity index (χ0v) is 14.6. The van der Waals surface area contributed by atoms with Gasteiger partial charge in [0, 0.05) is 26.2 Å². The number of hydrogen-bond acceptors (Lipinski definition) is 7. The summed E-state index contributed by atoms with van der Waals surface area (Å²) in [4.78, 5) is 18.5. The van der Waals surface area contributed by atoms with Gasteiger partial charge in [-0.1, -0.05) is 0 Å². The van der Waals surface area contributed by atoms with Crippen LogP contribution in [0.3, 0.4) is 0 Å². The molecule has 2 aromatic rings. The first-order valence-electron chi connectivity index (χ1n) is 9.12. The molecular weight excluding hydrogens is 334 g/mol. The van der Waals surface area contributed by atoms with Gasteiger partial charge >= 0.3 is 0 Å². The van der Waals surface area contributed by atoms with E-state index >= 15 is 0 Å². The number of aromatic nitrogens is 5. The lowest BCUT2D eigenvalue weighted by molar-refractivity contribution is -0.125. The van der Waals surface area contributed by atoms with Gasteiger partial charge in [-0.05, 0) is 37.8 Å². The van der Waals surface area contributed by atoms with Crippen LogP contribution in [-0.2, 0) is 9.53 Å². The fraction of sp³-hybridized carbons (Fsp3) is 0.588. The number of anilines is 1. The van der Waals surface area contributed by atoms with E-state index in [0.717, 1.165) is 44.7 Å². The van der Waals surface area contributed by atoms with Crippen molar-refractivity contribution < 1.29 is 9.53 Å². The second kappa shape index (κ2) is 7.77. The van der Waals surface area contributed by atoms with Gasteiger partial charge in [0.05, 0.1) is 12.0 Å². The first-order valence-corrected chi connectivity index (χ1v) is 9.12. The maximum absolute atomic E-state index is 12.5. The normalized spacial score (nSPS) is 23.2. The number of amides is 1. The van der Waals surface area contributed by atoms with Gasteiger partial charge in [-0.15, -0.1) is 10.2 Å². The number of carbonyl (C=O) groups is 1. The molecule has 2 saturated heterocycles. The van der Waals surface area contributed by atoms with Gasteiger partial charge in [0.2, 0.25) is 5.91 Å². The molecule has 0 aliphatic carbocycles. The van der Waals surface area contributed by atoms with E-state index in [2.05, 4.69) is 30.5 Å². The molecular formula is C17H23N7O2. The highest BCUT2D eigenvalue weighted by Crippen LogP contribution is 2.22. The van der Waals surface area contributed by atoms with E-state index in [4.69, 9.17) is 4.74 Å². The van der Waals surface area contributed by atoms with E-state index in [1.807, 2.05) is 12.1 Å². The molecule has 0 saturated carbocycles. The fourth-order valence-corrected chi connectivity index (χ4v) is 3.50. The molecule has 9 nitrogen and oxygen atoms in total. The average Bonchev–Trinajstić information content (AvgIpc) is 3.40. The summed E-state index contributed by atoms with van der Waals surface area (Å²) in [5.41, 5.74) is 0. The average molecular weight is 357 g/mol. The van der Waals surface area contributed by atoms with Gasteiger partial charge in [0.1, 0.15) is 12.7 Å². The minimum Gasteiger partial charge on any atom is -0.376 e. The first kappa shape index (κ1) is 16.9. The summed E-state index contributed by atoms with van der Waals surface area (Å²) in [7, 11) is 0. The van der Waals surface area contributed by atoms with Crippen molar-refractivity contribution in [3.8, 4) is 5.82 Å². The van der Waals surface area contributed by atoms with E-state index in [0.29, 0.717) is 18.9 Å². The molecule has 1 amide bonds. The van der Waals surface area contributed by atoms with Gasteiger partial charge in [-0.2, -0.15) is 5.10 Å². The molecule has 2 aliphatic rings. The maximum atomic E-state index is 12.5. The minimum absolute atomic E-state index is 0.0260. The second-order valence-electron chi connectivity index (χ2n) is 6.76. The van der Waals surface area contributed by atoms with E-state index in [1.165, 1.54) is 6.33 Å². The predicted molar refractivity (Wildman–Crippen MR) is 93.9 cm³/mol. The van der Waals surface area contributed by atoms with Gasteiger partial charge in [0.15, 0.2) is 11.6 Å². The van der Waals surface area contributed by atoms with E-state index in [-0.39, 0.29) is 17.9 Å². The zero-order chi connectivity index (χ0) is 17.8. The third-order valence-electron chi connectivity index (χ3n) is 4.93. The zero-order valence-electron chi connectivity index (χ0n) is 14.6. The topological polar surface area (TPSA) is 98.1 Å². The van der Waals surface area contributed by atoms with Crippen LogP contribution < -0.4 is 10.2 Å². The summed E-state index contributed by atoms with van der Waals surface area (Å²) in [5, 5.41) is 15.6. The van der Waals surface area contributed by atoms with Gasteiger partial charge in [0.25, 0.3) is 0 Å². The van der Waals surface area contributed by atoms with Gasteiger partial charge in [-0.25, -0.2) is 9.67 Å². The standard InChI is InChI=1S/C17H23N7O2/c25-17(19-9-14-4-2-8-26-14)13-3-1-7-23(10-13)15-5-6-16(22-21-15)24-12-18-11-20-24/h5-6,11-14H,1-4,7-10H2,(H,19,25). The number of nitrogens with one attached hydrogen (secondary N) is 1. The lowest BCUT2D eigenvalue weighted by Gasteiger charge is -2.32. The summed E-state index contributed by atoms with van der Waals surface area (Å²) in [6.07, 6.45) is 7.20. The molecule has 0 aromatic carbocycles. The van der Waals surface area contributed by atoms with E-state index in [9.17, 15) is 4.79 Å². The van der Waals surface area contributed by atoms with Crippen molar-refractivity contribution in [2.75, 3.05) is 31.1 Å². The lowest BCUT2D eigenvalue weighted by atomic mass is 9.97. The van der Waals surface area contributed by atoms with Crippen LogP contribution >= 0.6 is 0 Å². The Morgan fingerprint density at radius 2 is 2.12 bits per heavy atom. The largest absolute Gasteiger partial charge is 0.376 e. The monoisotopic (exact) mass is 357 g/mol. The predicted octanol–water partition coefficient (Wildman–Crippen LogP) is 0.569. The van der Waals surface area contributed by atoms with Crippen LogP contribution in [0, 0.1) is 5.92 Å². The molecule has 9 heteroatoms. The molecule has 4 rings (SSSR count). The van der Waals surface area contributed by atoms with Crippen LogP contribution in [0.4, 0.5) is 5.82 Å². The third-order valence-corrected chi connectivity index (χ3v) is 4.93. The van der Waals surface area contributed by atoms with Crippen molar-refractivity contribution in [1.29, 1.82) is 0 Å². The molecule has 2 unspecified atom stereocenters. The molecule has 1 N–H and O–H groups in total. The van der Waals surface area contributed by atoms with Crippen LogP contribution in [-0.4, -0.2) is 63.2 Å². The Hall–Kier alpha value is -2.55. The quantitative estimate of drug-likeness (QED) is 0.835. The van der Waals surface area contributed by atoms with Crippen LogP contribution in [0.2, 0.25) is 0 Å². The van der Waals surface area contributed by atoms with Crippen molar-refractivity contribution in [2.45, 2.75) is 31.8 Å². The molecule has 2 fully saturated rings. The molecule has 0 bridgehead atoms. The van der Waals surface area contributed by atoms with E-state index in [1.54, 1.807) is 11.0 Å². The van der Waals surface area contributed by atoms with Crippen LogP contribution in [0.1, 0.15) is 25.7 Å². The summed E-state index contributed by atoms with van der Waals surface area (Å²) in [5.74, 6) is 1.49. The number of rotatable bonds is 5. The minimum atomic E-state index is -0.0260. The summed E-state index contributed by atoms with van der Waals surface area (Å²) in [6, 6.07) is 3.77. The van der Waals surface area contributed by atoms with Crippen LogP contribution in [0.15, 0.2) is 24.8 Å². The summed E-state index contributed by atoms with van der Waals surface area (Å²) in [6.45, 7) is 2.96. The Morgan fingerprint density at radius 3 is 2.85 bits per heavy atom. The van der Waals surface area contributed by atoms with Crippen LogP contribution in [0.25, 0.3) is 5.82 Å². The number of hydrogen-bond donors (Lipinski definition) is 1. The molecule has 2 atom stereocenters. The third kappa shape index (κ3) is 3.82. The Morgan fingerprint density at radius 1 is 1.23 bits per heavy atom. The Balaban J connectivity index is 1.34. The highest BCUT2D eigenvalue weighted by molar-refractivity contribution is 5.79. The molecule has 4 heterocycles. The van der Waals surface area contributed by atoms with Crippen molar-refractivity contribution in [3.63, 3.8) is 0 Å². The molecule has 26 heavy (non-hydrogen) atoms. The maximum Gasteiger partial charge on any atom is 0.224 e. The SMILES string of the molecule is O=C(NCC1CCCO1)C1CCCN(c2ccc(-n3cncn3)nn2)C1. The van der Waals surface area contributed by atoms with Gasteiger partial charge < -0.3 is 15.0 Å². The van der Waals surface area contributed by atoms with Crippen molar-refractivity contribution >= 4 is 11.7 Å². The van der Waals surface area contributed by atoms with E-state index < -0.39 is 0 Å². The fourth-order valence-electron chi connectivity index (χ4n) is 3.50. The number of nitrogens with zero attached hydrogens (tertiary/aromatic N) is 6. The van der Waals surface area contributed by atoms with Crippen molar-refractivity contribution in [1.82, 2.24) is 30.3 Å². The summed E-state index contributed by atoms with van der Waals surface area (Å²) < 4.78 is 7.13. The summed E-state index contributed by atoms with van der Waals surface area (Å²) >= 11 is 0. The second-order valence-corrected chi connectivity index (χ2v) is 6.76. The number of ether oxygens (including phenoxy) is 1. The van der Waals surface area contributed by atoms with Crippen molar-refractivity contribution in [3.05, 3.63) is 24.8 Å². The van der Waals surface area contributed by atoms with Gasteiger partial charge in [-0.3, -0.25) is 4.79 Å². The molecule has 138 valence electrons. The molecule has 0 spiro atoms. The Bertz CT molecular complexity index is 713. The van der Waals surface area contributed by atoms with Crippen molar-refractivity contribution in [2.24, 2.45) is 5.92 Å². The molecule has 0 radical (unpaired) electrons. The number of carbonyl (C=O) groups excluding carboxylic acids is 1.